The third-order valence-electron chi connectivity index (χ3n) is 4.23. The van der Waals surface area contributed by atoms with E-state index in [4.69, 9.17) is 5.73 Å². The summed E-state index contributed by atoms with van der Waals surface area (Å²) in [6.45, 7) is 2.60. The molecular weight excluding hydrogens is 306 g/mol. The summed E-state index contributed by atoms with van der Waals surface area (Å²) in [5.74, 6) is 0.699. The van der Waals surface area contributed by atoms with Gasteiger partial charge < -0.3 is 10.6 Å². The molecule has 0 saturated heterocycles. The molecule has 1 amide bonds. The summed E-state index contributed by atoms with van der Waals surface area (Å²) < 4.78 is 0. The highest BCUT2D eigenvalue weighted by Gasteiger charge is 2.24. The zero-order valence-electron chi connectivity index (χ0n) is 12.9. The molecule has 0 bridgehead atoms. The van der Waals surface area contributed by atoms with Gasteiger partial charge in [0.05, 0.1) is 23.8 Å². The highest BCUT2D eigenvalue weighted by atomic mass is 35.5. The molecule has 1 heterocycles. The lowest BCUT2D eigenvalue weighted by molar-refractivity contribution is -0.132. The van der Waals surface area contributed by atoms with Gasteiger partial charge in [-0.25, -0.2) is 4.98 Å². The Kier molecular flexibility index (Phi) is 7.63. The third kappa shape index (κ3) is 5.24. The first-order valence-electron chi connectivity index (χ1n) is 7.47. The topological polar surface area (TPSA) is 59.2 Å². The van der Waals surface area contributed by atoms with Crippen LogP contribution in [-0.2, 0) is 11.3 Å². The van der Waals surface area contributed by atoms with Crippen LogP contribution in [0.2, 0.25) is 0 Å². The van der Waals surface area contributed by atoms with Crippen LogP contribution in [0.15, 0.2) is 5.51 Å². The van der Waals surface area contributed by atoms with Gasteiger partial charge in [0.2, 0.25) is 5.91 Å². The summed E-state index contributed by atoms with van der Waals surface area (Å²) in [6, 6.07) is -0.351. The van der Waals surface area contributed by atoms with Crippen LogP contribution in [0.5, 0.6) is 0 Å². The molecule has 1 atom stereocenters. The number of likely N-dealkylation sites (N-methyl/N-ethyl adjacent to an activating group) is 1. The first kappa shape index (κ1) is 18.4. The fourth-order valence-corrected chi connectivity index (χ4v) is 3.77. The van der Waals surface area contributed by atoms with E-state index in [1.54, 1.807) is 16.2 Å². The largest absolute Gasteiger partial charge is 0.339 e. The van der Waals surface area contributed by atoms with Gasteiger partial charge in [-0.15, -0.1) is 23.7 Å². The van der Waals surface area contributed by atoms with Crippen molar-refractivity contribution in [2.45, 2.75) is 58.0 Å². The summed E-state index contributed by atoms with van der Waals surface area (Å²) in [6.07, 6.45) is 7.23. The molecule has 120 valence electrons. The molecule has 21 heavy (non-hydrogen) atoms. The second-order valence-corrected chi connectivity index (χ2v) is 6.84. The number of aryl methyl sites for hydroxylation is 1. The van der Waals surface area contributed by atoms with E-state index >= 15 is 0 Å². The summed E-state index contributed by atoms with van der Waals surface area (Å²) in [4.78, 5) is 19.4. The van der Waals surface area contributed by atoms with Gasteiger partial charge in [0.1, 0.15) is 0 Å². The molecule has 1 aliphatic carbocycles. The van der Waals surface area contributed by atoms with Crippen LogP contribution in [-0.4, -0.2) is 28.9 Å². The Morgan fingerprint density at radius 3 is 2.71 bits per heavy atom. The maximum atomic E-state index is 12.3. The highest BCUT2D eigenvalue weighted by molar-refractivity contribution is 7.09. The zero-order chi connectivity index (χ0) is 14.5. The Labute approximate surface area is 137 Å². The van der Waals surface area contributed by atoms with Crippen LogP contribution in [0.4, 0.5) is 0 Å². The van der Waals surface area contributed by atoms with Gasteiger partial charge >= 0.3 is 0 Å². The van der Waals surface area contributed by atoms with Crippen molar-refractivity contribution in [1.29, 1.82) is 0 Å². The van der Waals surface area contributed by atoms with Crippen molar-refractivity contribution in [2.24, 2.45) is 11.7 Å². The maximum absolute atomic E-state index is 12.3. The van der Waals surface area contributed by atoms with Crippen molar-refractivity contribution >= 4 is 29.7 Å². The van der Waals surface area contributed by atoms with E-state index in [0.29, 0.717) is 12.5 Å². The van der Waals surface area contributed by atoms with Crippen molar-refractivity contribution in [3.63, 3.8) is 0 Å². The molecule has 0 aromatic carbocycles. The molecule has 0 spiro atoms. The van der Waals surface area contributed by atoms with Crippen LogP contribution in [0.3, 0.4) is 0 Å². The second kappa shape index (κ2) is 8.71. The van der Waals surface area contributed by atoms with Crippen LogP contribution in [0.25, 0.3) is 0 Å². The normalized spacial score (nSPS) is 17.1. The Morgan fingerprint density at radius 1 is 1.48 bits per heavy atom. The number of thiazole rings is 1. The van der Waals surface area contributed by atoms with Crippen LogP contribution in [0, 0.1) is 12.8 Å². The number of hydrogen-bond acceptors (Lipinski definition) is 4. The minimum Gasteiger partial charge on any atom is -0.339 e. The Balaban J connectivity index is 0.00000220. The molecule has 1 aliphatic rings. The predicted octanol–water partition coefficient (Wildman–Crippen LogP) is 3.13. The van der Waals surface area contributed by atoms with E-state index in [2.05, 4.69) is 4.98 Å². The van der Waals surface area contributed by atoms with E-state index in [9.17, 15) is 4.79 Å². The maximum Gasteiger partial charge on any atom is 0.239 e. The molecule has 1 unspecified atom stereocenters. The van der Waals surface area contributed by atoms with E-state index in [-0.39, 0.29) is 24.4 Å². The lowest BCUT2D eigenvalue weighted by Crippen LogP contribution is -2.42. The van der Waals surface area contributed by atoms with Gasteiger partial charge in [-0.1, -0.05) is 32.1 Å². The van der Waals surface area contributed by atoms with E-state index in [1.807, 2.05) is 19.5 Å². The van der Waals surface area contributed by atoms with Crippen molar-refractivity contribution in [2.75, 3.05) is 7.05 Å². The average molecular weight is 332 g/mol. The molecule has 1 aromatic heterocycles. The number of hydrogen-bond donors (Lipinski definition) is 1. The lowest BCUT2D eigenvalue weighted by Gasteiger charge is -2.26. The third-order valence-corrected chi connectivity index (χ3v) is 5.15. The molecule has 0 radical (unpaired) electrons. The fraction of sp³-hybridized carbons (Fsp3) is 0.733. The van der Waals surface area contributed by atoms with Gasteiger partial charge in [0.25, 0.3) is 0 Å². The zero-order valence-corrected chi connectivity index (χ0v) is 14.5. The van der Waals surface area contributed by atoms with Crippen molar-refractivity contribution in [1.82, 2.24) is 9.88 Å². The fourth-order valence-electron chi connectivity index (χ4n) is 2.94. The quantitative estimate of drug-likeness (QED) is 0.901. The highest BCUT2D eigenvalue weighted by Crippen LogP contribution is 2.27. The molecular formula is C15H26ClN3OS. The number of carbonyl (C=O) groups excluding carboxylic acids is 1. The number of halogens is 1. The molecule has 2 rings (SSSR count). The second-order valence-electron chi connectivity index (χ2n) is 5.90. The first-order chi connectivity index (χ1) is 9.58. The average Bonchev–Trinajstić information content (AvgIpc) is 2.84. The summed E-state index contributed by atoms with van der Waals surface area (Å²) in [5.41, 5.74) is 8.95. The summed E-state index contributed by atoms with van der Waals surface area (Å²) >= 11 is 1.60. The van der Waals surface area contributed by atoms with Crippen molar-refractivity contribution in [3.8, 4) is 0 Å². The van der Waals surface area contributed by atoms with Gasteiger partial charge in [-0.3, -0.25) is 4.79 Å². The van der Waals surface area contributed by atoms with Gasteiger partial charge in [-0.2, -0.15) is 0 Å². The van der Waals surface area contributed by atoms with Crippen LogP contribution >= 0.6 is 23.7 Å². The van der Waals surface area contributed by atoms with Crippen molar-refractivity contribution < 1.29 is 4.79 Å². The van der Waals surface area contributed by atoms with E-state index < -0.39 is 0 Å². The van der Waals surface area contributed by atoms with Gasteiger partial charge in [-0.05, 0) is 19.3 Å². The van der Waals surface area contributed by atoms with Gasteiger partial charge in [0, 0.05) is 11.9 Å². The number of nitrogens with two attached hydrogens (primary N) is 1. The van der Waals surface area contributed by atoms with E-state index in [1.165, 1.54) is 32.1 Å². The number of nitrogens with zero attached hydrogens (tertiary/aromatic N) is 2. The Morgan fingerprint density at radius 2 is 2.14 bits per heavy atom. The molecule has 2 N–H and O–H groups in total. The molecule has 1 saturated carbocycles. The SMILES string of the molecule is Cc1ncsc1CN(C)C(=O)C(N)CC1CCCCC1.Cl. The monoisotopic (exact) mass is 331 g/mol. The summed E-state index contributed by atoms with van der Waals surface area (Å²) in [5, 5.41) is 0. The predicted molar refractivity (Wildman–Crippen MR) is 89.7 cm³/mol. The Hall–Kier alpha value is -0.650. The van der Waals surface area contributed by atoms with Crippen LogP contribution < -0.4 is 5.73 Å². The minimum atomic E-state index is -0.351. The summed E-state index contributed by atoms with van der Waals surface area (Å²) in [7, 11) is 1.84. The number of amides is 1. The molecule has 4 nitrogen and oxygen atoms in total. The number of carbonyl (C=O) groups is 1. The minimum absolute atomic E-state index is 0. The number of aromatic nitrogens is 1. The molecule has 1 fully saturated rings. The molecule has 0 aliphatic heterocycles. The number of rotatable bonds is 5. The lowest BCUT2D eigenvalue weighted by atomic mass is 9.85. The van der Waals surface area contributed by atoms with Crippen LogP contribution in [0.1, 0.15) is 49.1 Å². The van der Waals surface area contributed by atoms with E-state index in [0.717, 1.165) is 17.0 Å². The van der Waals surface area contributed by atoms with Gasteiger partial charge in [0.15, 0.2) is 0 Å². The smallest absolute Gasteiger partial charge is 0.239 e. The standard InChI is InChI=1S/C15H25N3OS.ClH/c1-11-14(20-10-17-11)9-18(2)15(19)13(16)8-12-6-4-3-5-7-12;/h10,12-13H,3-9,16H2,1-2H3;1H. The van der Waals surface area contributed by atoms with Crippen molar-refractivity contribution in [3.05, 3.63) is 16.1 Å². The molecule has 1 aromatic rings. The molecule has 6 heteroatoms. The Bertz CT molecular complexity index is 446. The first-order valence-corrected chi connectivity index (χ1v) is 8.35.